The molecular weight excluding hydrogens is 268 g/mol. The van der Waals surface area contributed by atoms with Crippen LogP contribution in [0.15, 0.2) is 36.5 Å². The first kappa shape index (κ1) is 12.1. The van der Waals surface area contributed by atoms with Crippen LogP contribution >= 0.6 is 0 Å². The molecule has 2 aromatic heterocycles. The molecule has 0 unspecified atom stereocenters. The molecule has 1 aliphatic rings. The highest BCUT2D eigenvalue weighted by atomic mass is 16.5. The Morgan fingerprint density at radius 1 is 1.14 bits per heavy atom. The molecule has 3 aromatic rings. The minimum atomic E-state index is -0.169. The zero-order valence-corrected chi connectivity index (χ0v) is 11.3. The number of nitrogens with one attached hydrogen (secondary N) is 1. The molecule has 0 spiro atoms. The van der Waals surface area contributed by atoms with Crippen molar-refractivity contribution in [2.24, 2.45) is 0 Å². The van der Waals surface area contributed by atoms with Gasteiger partial charge in [0.25, 0.3) is 0 Å². The molecule has 0 atom stereocenters. The topological polar surface area (TPSA) is 64.1 Å². The van der Waals surface area contributed by atoms with Gasteiger partial charge in [-0.1, -0.05) is 18.2 Å². The maximum absolute atomic E-state index is 12.7. The Hall–Kier alpha value is -2.66. The van der Waals surface area contributed by atoms with E-state index in [0.717, 1.165) is 10.9 Å². The number of methoxy groups -OCH3 is 1. The number of ketones is 2. The first-order chi connectivity index (χ1) is 10.2. The average molecular weight is 280 g/mol. The van der Waals surface area contributed by atoms with E-state index in [1.165, 1.54) is 0 Å². The number of hydrogen-bond donors (Lipinski definition) is 1. The molecule has 104 valence electrons. The van der Waals surface area contributed by atoms with Crippen LogP contribution in [0.25, 0.3) is 10.9 Å². The van der Waals surface area contributed by atoms with Gasteiger partial charge in [-0.15, -0.1) is 0 Å². The van der Waals surface area contributed by atoms with Crippen LogP contribution in [0.1, 0.15) is 32.1 Å². The van der Waals surface area contributed by atoms with Gasteiger partial charge in [0.15, 0.2) is 5.78 Å². The Kier molecular flexibility index (Phi) is 2.40. The highest BCUT2D eigenvalue weighted by molar-refractivity contribution is 6.31. The molecule has 5 nitrogen and oxygen atoms in total. The Morgan fingerprint density at radius 3 is 2.76 bits per heavy atom. The van der Waals surface area contributed by atoms with Gasteiger partial charge in [-0.25, -0.2) is 0 Å². The van der Waals surface area contributed by atoms with E-state index in [9.17, 15) is 9.59 Å². The summed E-state index contributed by atoms with van der Waals surface area (Å²) in [6.07, 6.45) is 1.62. The number of carbonyl (C=O) groups excluding carboxylic acids is 2. The van der Waals surface area contributed by atoms with Gasteiger partial charge >= 0.3 is 0 Å². The van der Waals surface area contributed by atoms with Crippen LogP contribution in [0.5, 0.6) is 0 Å². The van der Waals surface area contributed by atoms with Crippen molar-refractivity contribution < 1.29 is 14.3 Å². The zero-order valence-electron chi connectivity index (χ0n) is 11.3. The Labute approximate surface area is 120 Å². The molecule has 2 heterocycles. The van der Waals surface area contributed by atoms with E-state index in [1.54, 1.807) is 23.9 Å². The number of H-pyrrole nitrogens is 1. The Morgan fingerprint density at radius 2 is 1.95 bits per heavy atom. The Bertz CT molecular complexity index is 902. The van der Waals surface area contributed by atoms with Crippen LogP contribution in [0.2, 0.25) is 0 Å². The monoisotopic (exact) mass is 280 g/mol. The highest BCUT2D eigenvalue weighted by Crippen LogP contribution is 2.34. The summed E-state index contributed by atoms with van der Waals surface area (Å²) >= 11 is 0. The third-order valence-corrected chi connectivity index (χ3v) is 3.89. The number of carbonyl (C=O) groups is 2. The number of aromatic amines is 1. The van der Waals surface area contributed by atoms with E-state index in [2.05, 4.69) is 4.98 Å². The lowest BCUT2D eigenvalue weighted by Gasteiger charge is -2.14. The number of fused-ring (bicyclic) bond motifs is 4. The zero-order chi connectivity index (χ0) is 14.6. The number of rotatable bonds is 2. The van der Waals surface area contributed by atoms with Crippen molar-refractivity contribution >= 4 is 22.5 Å². The number of hydrogen-bond acceptors (Lipinski definition) is 3. The highest BCUT2D eigenvalue weighted by Gasteiger charge is 2.36. The largest absolute Gasteiger partial charge is 0.364 e. The smallest absolute Gasteiger partial charge is 0.227 e. The molecule has 4 rings (SSSR count). The predicted molar refractivity (Wildman–Crippen MR) is 76.6 cm³/mol. The van der Waals surface area contributed by atoms with Crippen molar-refractivity contribution in [2.75, 3.05) is 7.11 Å². The van der Waals surface area contributed by atoms with Crippen molar-refractivity contribution in [1.82, 2.24) is 9.55 Å². The predicted octanol–water partition coefficient (Wildman–Crippen LogP) is 2.35. The van der Waals surface area contributed by atoms with Crippen molar-refractivity contribution in [2.45, 2.75) is 6.73 Å². The van der Waals surface area contributed by atoms with Gasteiger partial charge in [0.05, 0.1) is 22.3 Å². The van der Waals surface area contributed by atoms with Crippen molar-refractivity contribution in [3.05, 3.63) is 59.0 Å². The number of nitrogens with zero attached hydrogens (tertiary/aromatic N) is 1. The molecule has 0 aliphatic heterocycles. The molecule has 0 amide bonds. The van der Waals surface area contributed by atoms with Crippen LogP contribution in [0.3, 0.4) is 0 Å². The van der Waals surface area contributed by atoms with Gasteiger partial charge < -0.3 is 14.3 Å². The molecule has 0 bridgehead atoms. The Balaban J connectivity index is 2.14. The second-order valence-electron chi connectivity index (χ2n) is 5.01. The standard InChI is InChI=1S/C16H12N2O3/c1-21-8-18-11-5-3-2-4-9(11)12-14(18)16(20)13-10(15(12)19)6-7-17-13/h2-7,17H,8H2,1H3. The van der Waals surface area contributed by atoms with Crippen LogP contribution in [0.4, 0.5) is 0 Å². The third kappa shape index (κ3) is 1.43. The van der Waals surface area contributed by atoms with E-state index in [4.69, 9.17) is 4.74 Å². The fourth-order valence-corrected chi connectivity index (χ4v) is 3.03. The molecule has 1 aliphatic carbocycles. The van der Waals surface area contributed by atoms with Gasteiger partial charge in [0.1, 0.15) is 12.4 Å². The molecule has 0 radical (unpaired) electrons. The number of aromatic nitrogens is 2. The fourth-order valence-electron chi connectivity index (χ4n) is 3.03. The van der Waals surface area contributed by atoms with Gasteiger partial charge in [0, 0.05) is 18.7 Å². The van der Waals surface area contributed by atoms with Gasteiger partial charge in [-0.3, -0.25) is 9.59 Å². The summed E-state index contributed by atoms with van der Waals surface area (Å²) in [6, 6.07) is 9.16. The first-order valence-corrected chi connectivity index (χ1v) is 6.61. The number of para-hydroxylation sites is 1. The number of ether oxygens (including phenoxy) is 1. The molecule has 1 N–H and O–H groups in total. The van der Waals surface area contributed by atoms with E-state index in [-0.39, 0.29) is 18.3 Å². The van der Waals surface area contributed by atoms with E-state index in [0.29, 0.717) is 22.5 Å². The summed E-state index contributed by atoms with van der Waals surface area (Å²) in [5.74, 6) is -0.287. The van der Waals surface area contributed by atoms with Gasteiger partial charge in [0.2, 0.25) is 5.78 Å². The molecule has 1 aromatic carbocycles. The van der Waals surface area contributed by atoms with E-state index < -0.39 is 0 Å². The lowest BCUT2D eigenvalue weighted by molar-refractivity contribution is 0.0948. The third-order valence-electron chi connectivity index (χ3n) is 3.89. The van der Waals surface area contributed by atoms with Gasteiger partial charge in [-0.2, -0.15) is 0 Å². The summed E-state index contributed by atoms with van der Waals surface area (Å²) in [6.45, 7) is 0.227. The van der Waals surface area contributed by atoms with E-state index in [1.807, 2.05) is 24.3 Å². The summed E-state index contributed by atoms with van der Waals surface area (Å²) in [5.41, 5.74) is 2.49. The van der Waals surface area contributed by atoms with Gasteiger partial charge in [-0.05, 0) is 12.1 Å². The summed E-state index contributed by atoms with van der Waals surface area (Å²) in [4.78, 5) is 28.3. The minimum Gasteiger partial charge on any atom is -0.364 e. The fraction of sp³-hybridized carbons (Fsp3) is 0.125. The molecule has 5 heteroatoms. The molecular formula is C16H12N2O3. The second-order valence-corrected chi connectivity index (χ2v) is 5.01. The lowest BCUT2D eigenvalue weighted by Crippen LogP contribution is -2.22. The van der Waals surface area contributed by atoms with Crippen LogP contribution in [-0.2, 0) is 11.5 Å². The van der Waals surface area contributed by atoms with Crippen LogP contribution < -0.4 is 0 Å². The van der Waals surface area contributed by atoms with Crippen molar-refractivity contribution in [1.29, 1.82) is 0 Å². The van der Waals surface area contributed by atoms with Crippen LogP contribution in [-0.4, -0.2) is 28.2 Å². The van der Waals surface area contributed by atoms with Crippen molar-refractivity contribution in [3.8, 4) is 0 Å². The summed E-state index contributed by atoms with van der Waals surface area (Å²) in [5, 5.41) is 0.787. The molecule has 21 heavy (non-hydrogen) atoms. The van der Waals surface area contributed by atoms with Crippen LogP contribution in [0, 0.1) is 0 Å². The van der Waals surface area contributed by atoms with E-state index >= 15 is 0 Å². The summed E-state index contributed by atoms with van der Waals surface area (Å²) in [7, 11) is 1.57. The first-order valence-electron chi connectivity index (χ1n) is 6.61. The second kappa shape index (κ2) is 4.17. The SMILES string of the molecule is COCn1c2c(c3ccccc31)C(=O)c1cc[nH]c1C2=O. The quantitative estimate of drug-likeness (QED) is 0.613. The normalized spacial score (nSPS) is 13.6. The van der Waals surface area contributed by atoms with Crippen molar-refractivity contribution in [3.63, 3.8) is 0 Å². The molecule has 0 saturated heterocycles. The summed E-state index contributed by atoms with van der Waals surface area (Å²) < 4.78 is 6.96. The average Bonchev–Trinajstić information content (AvgIpc) is 3.09. The molecule has 0 fully saturated rings. The maximum Gasteiger partial charge on any atom is 0.227 e. The maximum atomic E-state index is 12.7. The molecule has 0 saturated carbocycles. The lowest BCUT2D eigenvalue weighted by atomic mass is 9.91. The number of benzene rings is 1. The minimum absolute atomic E-state index is 0.119.